The van der Waals surface area contributed by atoms with E-state index in [0.29, 0.717) is 23.0 Å². The molecular formula is C10H18N2OS. The molecular weight excluding hydrogens is 196 g/mol. The quantitative estimate of drug-likeness (QED) is 0.704. The largest absolute Gasteiger partial charge is 0.327 e. The monoisotopic (exact) mass is 214 g/mol. The Morgan fingerprint density at radius 3 is 3.00 bits per heavy atom. The van der Waals surface area contributed by atoms with Crippen LogP contribution in [0.5, 0.6) is 0 Å². The topological polar surface area (TPSA) is 32.3 Å². The molecule has 14 heavy (non-hydrogen) atoms. The van der Waals surface area contributed by atoms with Crippen molar-refractivity contribution in [1.29, 1.82) is 0 Å². The highest BCUT2D eigenvalue weighted by molar-refractivity contribution is 8.01. The maximum atomic E-state index is 11.6. The van der Waals surface area contributed by atoms with E-state index in [-0.39, 0.29) is 5.54 Å². The molecule has 2 fully saturated rings. The maximum Gasteiger partial charge on any atom is 0.233 e. The molecule has 2 heterocycles. The zero-order valence-corrected chi connectivity index (χ0v) is 9.86. The molecule has 1 amide bonds. The maximum absolute atomic E-state index is 11.6. The van der Waals surface area contributed by atoms with Gasteiger partial charge < -0.3 is 10.2 Å². The zero-order chi connectivity index (χ0) is 10.3. The van der Waals surface area contributed by atoms with Crippen LogP contribution >= 0.6 is 11.8 Å². The van der Waals surface area contributed by atoms with Crippen molar-refractivity contribution in [3.05, 3.63) is 0 Å². The number of carbonyl (C=O) groups is 1. The molecule has 0 aromatic rings. The summed E-state index contributed by atoms with van der Waals surface area (Å²) in [4.78, 5) is 13.6. The van der Waals surface area contributed by atoms with Crippen LogP contribution in [0.4, 0.5) is 0 Å². The second-order valence-corrected chi connectivity index (χ2v) is 5.68. The predicted octanol–water partition coefficient (Wildman–Crippen LogP) is 0.906. The summed E-state index contributed by atoms with van der Waals surface area (Å²) >= 11 is 1.78. The molecule has 80 valence electrons. The van der Waals surface area contributed by atoms with E-state index in [0.717, 1.165) is 13.1 Å². The third-order valence-corrected chi connectivity index (χ3v) is 5.01. The first-order valence-corrected chi connectivity index (χ1v) is 6.26. The van der Waals surface area contributed by atoms with Gasteiger partial charge in [0.25, 0.3) is 0 Å². The minimum absolute atomic E-state index is 0.0784. The van der Waals surface area contributed by atoms with E-state index in [2.05, 4.69) is 26.1 Å². The van der Waals surface area contributed by atoms with E-state index >= 15 is 0 Å². The molecule has 1 N–H and O–H groups in total. The molecule has 2 atom stereocenters. The van der Waals surface area contributed by atoms with Crippen molar-refractivity contribution in [2.45, 2.75) is 31.7 Å². The molecule has 0 unspecified atom stereocenters. The third kappa shape index (κ3) is 1.36. The summed E-state index contributed by atoms with van der Waals surface area (Å²) in [6.07, 6.45) is 0. The Morgan fingerprint density at radius 1 is 1.64 bits per heavy atom. The molecule has 2 aliphatic heterocycles. The van der Waals surface area contributed by atoms with Crippen LogP contribution in [0.2, 0.25) is 0 Å². The zero-order valence-electron chi connectivity index (χ0n) is 9.04. The lowest BCUT2D eigenvalue weighted by Gasteiger charge is -2.47. The number of amides is 1. The molecule has 2 saturated heterocycles. The second kappa shape index (κ2) is 3.42. The summed E-state index contributed by atoms with van der Waals surface area (Å²) in [5.74, 6) is 1.52. The Hall–Kier alpha value is -0.220. The van der Waals surface area contributed by atoms with Gasteiger partial charge in [-0.3, -0.25) is 4.79 Å². The average Bonchev–Trinajstić information content (AvgIpc) is 2.50. The Kier molecular flexibility index (Phi) is 2.52. The van der Waals surface area contributed by atoms with Gasteiger partial charge in [0.05, 0.1) is 11.1 Å². The van der Waals surface area contributed by atoms with Crippen LogP contribution in [0.3, 0.4) is 0 Å². The third-order valence-electron chi connectivity index (χ3n) is 3.54. The molecule has 3 nitrogen and oxygen atoms in total. The molecule has 0 bridgehead atoms. The van der Waals surface area contributed by atoms with Crippen LogP contribution in [0.25, 0.3) is 0 Å². The lowest BCUT2D eigenvalue weighted by atomic mass is 9.86. The molecule has 0 spiro atoms. The fraction of sp³-hybridized carbons (Fsp3) is 0.900. The first-order chi connectivity index (χ1) is 6.55. The highest BCUT2D eigenvalue weighted by atomic mass is 32.2. The molecule has 0 aromatic heterocycles. The summed E-state index contributed by atoms with van der Waals surface area (Å²) in [5.41, 5.74) is 0.0784. The van der Waals surface area contributed by atoms with Gasteiger partial charge in [0.2, 0.25) is 5.91 Å². The average molecular weight is 214 g/mol. The highest BCUT2D eigenvalue weighted by Gasteiger charge is 2.48. The van der Waals surface area contributed by atoms with E-state index in [1.54, 1.807) is 11.8 Å². The lowest BCUT2D eigenvalue weighted by molar-refractivity contribution is -0.130. The van der Waals surface area contributed by atoms with Crippen LogP contribution in [0.15, 0.2) is 0 Å². The van der Waals surface area contributed by atoms with Crippen molar-refractivity contribution >= 4 is 17.7 Å². The predicted molar refractivity (Wildman–Crippen MR) is 59.2 cm³/mol. The lowest BCUT2D eigenvalue weighted by Crippen LogP contribution is -2.65. The first kappa shape index (κ1) is 10.3. The minimum Gasteiger partial charge on any atom is -0.327 e. The van der Waals surface area contributed by atoms with Gasteiger partial charge in [0.1, 0.15) is 0 Å². The molecule has 2 aliphatic rings. The highest BCUT2D eigenvalue weighted by Crippen LogP contribution is 2.38. The van der Waals surface area contributed by atoms with Gasteiger partial charge in [-0.05, 0) is 12.8 Å². The van der Waals surface area contributed by atoms with Gasteiger partial charge in [-0.15, -0.1) is 11.8 Å². The summed E-state index contributed by atoms with van der Waals surface area (Å²) in [6.45, 7) is 8.48. The van der Waals surface area contributed by atoms with Gasteiger partial charge >= 0.3 is 0 Å². The van der Waals surface area contributed by atoms with Gasteiger partial charge in [0, 0.05) is 18.6 Å². The Balaban J connectivity index is 2.24. The SMILES string of the molecule is CC(C)[C@@]1(C)NCCN2C(=O)CS[C@@H]21. The van der Waals surface area contributed by atoms with Crippen molar-refractivity contribution in [2.75, 3.05) is 18.8 Å². The van der Waals surface area contributed by atoms with Crippen LogP contribution in [0.1, 0.15) is 20.8 Å². The van der Waals surface area contributed by atoms with Gasteiger partial charge in [-0.2, -0.15) is 0 Å². The Morgan fingerprint density at radius 2 is 2.36 bits per heavy atom. The van der Waals surface area contributed by atoms with Crippen molar-refractivity contribution in [3.8, 4) is 0 Å². The summed E-state index contributed by atoms with van der Waals surface area (Å²) in [6, 6.07) is 0. The fourth-order valence-electron chi connectivity index (χ4n) is 2.21. The van der Waals surface area contributed by atoms with E-state index in [9.17, 15) is 4.79 Å². The molecule has 0 radical (unpaired) electrons. The van der Waals surface area contributed by atoms with Gasteiger partial charge in [-0.1, -0.05) is 13.8 Å². The first-order valence-electron chi connectivity index (χ1n) is 5.22. The fourth-order valence-corrected chi connectivity index (χ4v) is 3.79. The molecule has 0 saturated carbocycles. The normalized spacial score (nSPS) is 37.9. The number of thioether (sulfide) groups is 1. The van der Waals surface area contributed by atoms with Crippen LogP contribution < -0.4 is 5.32 Å². The number of hydrogen-bond donors (Lipinski definition) is 1. The molecule has 4 heteroatoms. The summed E-state index contributed by atoms with van der Waals surface area (Å²) in [5, 5.41) is 3.91. The van der Waals surface area contributed by atoms with Crippen LogP contribution in [-0.2, 0) is 4.79 Å². The van der Waals surface area contributed by atoms with Crippen molar-refractivity contribution in [3.63, 3.8) is 0 Å². The molecule has 0 aromatic carbocycles. The number of rotatable bonds is 1. The van der Waals surface area contributed by atoms with Gasteiger partial charge in [-0.25, -0.2) is 0 Å². The smallest absolute Gasteiger partial charge is 0.233 e. The van der Waals surface area contributed by atoms with E-state index < -0.39 is 0 Å². The second-order valence-electron chi connectivity index (χ2n) is 4.61. The van der Waals surface area contributed by atoms with E-state index in [4.69, 9.17) is 0 Å². The van der Waals surface area contributed by atoms with E-state index in [1.165, 1.54) is 0 Å². The number of nitrogens with one attached hydrogen (secondary N) is 1. The number of piperazine rings is 1. The van der Waals surface area contributed by atoms with Crippen molar-refractivity contribution in [2.24, 2.45) is 5.92 Å². The number of hydrogen-bond acceptors (Lipinski definition) is 3. The van der Waals surface area contributed by atoms with Crippen molar-refractivity contribution < 1.29 is 4.79 Å². The minimum atomic E-state index is 0.0784. The van der Waals surface area contributed by atoms with Crippen LogP contribution in [-0.4, -0.2) is 40.6 Å². The van der Waals surface area contributed by atoms with Crippen molar-refractivity contribution in [1.82, 2.24) is 10.2 Å². The summed E-state index contributed by atoms with van der Waals surface area (Å²) in [7, 11) is 0. The summed E-state index contributed by atoms with van der Waals surface area (Å²) < 4.78 is 0. The number of nitrogens with zero attached hydrogens (tertiary/aromatic N) is 1. The molecule has 2 rings (SSSR count). The van der Waals surface area contributed by atoms with Gasteiger partial charge in [0.15, 0.2) is 0 Å². The molecule has 0 aliphatic carbocycles. The Bertz CT molecular complexity index is 257. The Labute approximate surface area is 89.6 Å². The van der Waals surface area contributed by atoms with Crippen LogP contribution in [0, 0.1) is 5.92 Å². The van der Waals surface area contributed by atoms with E-state index in [1.807, 2.05) is 4.90 Å². The standard InChI is InChI=1S/C10H18N2OS/c1-7(2)10(3)9-12(5-4-11-10)8(13)6-14-9/h7,9,11H,4-6H2,1-3H3/t9-,10-/m1/s1. The number of carbonyl (C=O) groups excluding carboxylic acids is 1. The number of fused-ring (bicyclic) bond motifs is 1.